The summed E-state index contributed by atoms with van der Waals surface area (Å²) in [6, 6.07) is 90.9. The smallest absolute Gasteiger partial charge is 0.0726 e. The molecule has 0 heterocycles. The van der Waals surface area contributed by atoms with Crippen molar-refractivity contribution in [2.75, 3.05) is 4.90 Å². The molecule has 0 bridgehead atoms. The van der Waals surface area contributed by atoms with Gasteiger partial charge in [0.05, 0.1) is 16.8 Å². The first kappa shape index (κ1) is 40.2. The van der Waals surface area contributed by atoms with Crippen LogP contribution in [0.15, 0.2) is 237 Å². The Balaban J connectivity index is 1.09. The third-order valence-corrected chi connectivity index (χ3v) is 17.6. The first-order valence-corrected chi connectivity index (χ1v) is 26.1. The quantitative estimate of drug-likeness (QED) is 0.159. The molecule has 0 radical (unpaired) electrons. The zero-order valence-corrected chi connectivity index (χ0v) is 40.0. The molecule has 0 aromatic heterocycles. The molecule has 1 nitrogen and oxygen atoms in total. The zero-order chi connectivity index (χ0) is 47.1. The molecule has 72 heavy (non-hydrogen) atoms. The number of hydrogen-bond acceptors (Lipinski definition) is 1. The first-order chi connectivity index (χ1) is 35.7. The third kappa shape index (κ3) is 5.22. The predicted octanol–water partition coefficient (Wildman–Crippen LogP) is 19.0. The van der Waals surface area contributed by atoms with E-state index in [1.165, 1.54) is 152 Å². The van der Waals surface area contributed by atoms with Gasteiger partial charge in [0, 0.05) is 16.7 Å². The van der Waals surface area contributed by atoms with Gasteiger partial charge in [-0.3, -0.25) is 0 Å². The second-order valence-electron chi connectivity index (χ2n) is 20.9. The van der Waals surface area contributed by atoms with Gasteiger partial charge in [-0.15, -0.1) is 0 Å². The largest absolute Gasteiger partial charge is 0.310 e. The van der Waals surface area contributed by atoms with Crippen molar-refractivity contribution >= 4 is 60.2 Å². The van der Waals surface area contributed by atoms with Gasteiger partial charge in [0.15, 0.2) is 0 Å². The summed E-state index contributed by atoms with van der Waals surface area (Å²) in [7, 11) is 0. The van der Waals surface area contributed by atoms with Gasteiger partial charge in [0.2, 0.25) is 0 Å². The molecule has 4 aliphatic carbocycles. The molecule has 0 N–H and O–H groups in total. The Morgan fingerprint density at radius 1 is 0.278 bits per heavy atom. The summed E-state index contributed by atoms with van der Waals surface area (Å²) in [6.45, 7) is 0. The molecule has 0 aliphatic heterocycles. The van der Waals surface area contributed by atoms with E-state index >= 15 is 0 Å². The van der Waals surface area contributed by atoms with E-state index in [1.807, 2.05) is 0 Å². The highest BCUT2D eigenvalue weighted by Gasteiger charge is 2.52. The Hall–Kier alpha value is -8.52. The zero-order valence-electron chi connectivity index (χ0n) is 40.0. The van der Waals surface area contributed by atoms with Crippen molar-refractivity contribution in [1.82, 2.24) is 0 Å². The van der Waals surface area contributed by atoms with Crippen LogP contribution >= 0.6 is 0 Å². The van der Waals surface area contributed by atoms with Gasteiger partial charge >= 0.3 is 0 Å². The molecule has 12 aromatic rings. The molecule has 2 spiro atoms. The summed E-state index contributed by atoms with van der Waals surface area (Å²) in [5.74, 6) is 0. The van der Waals surface area contributed by atoms with E-state index in [-0.39, 0.29) is 5.41 Å². The second kappa shape index (κ2) is 15.0. The maximum Gasteiger partial charge on any atom is 0.0726 e. The van der Waals surface area contributed by atoms with Gasteiger partial charge in [0.1, 0.15) is 0 Å². The van der Waals surface area contributed by atoms with Gasteiger partial charge < -0.3 is 4.90 Å². The minimum absolute atomic E-state index is 0.101. The van der Waals surface area contributed by atoms with Gasteiger partial charge in [-0.2, -0.15) is 0 Å². The van der Waals surface area contributed by atoms with Crippen LogP contribution in [0.4, 0.5) is 17.1 Å². The summed E-state index contributed by atoms with van der Waals surface area (Å²) in [6.07, 6.45) is 6.00. The Morgan fingerprint density at radius 2 is 0.750 bits per heavy atom. The Labute approximate surface area is 420 Å². The molecule has 4 aliphatic rings. The van der Waals surface area contributed by atoms with Crippen molar-refractivity contribution in [3.63, 3.8) is 0 Å². The lowest BCUT2D eigenvalue weighted by Gasteiger charge is -2.40. The normalized spacial score (nSPS) is 15.2. The minimum atomic E-state index is -0.519. The maximum atomic E-state index is 2.73. The van der Waals surface area contributed by atoms with Gasteiger partial charge in [-0.25, -0.2) is 0 Å². The molecule has 1 heteroatoms. The fraction of sp³-hybridized carbons (Fsp3) is 0.0986. The predicted molar refractivity (Wildman–Crippen MR) is 302 cm³/mol. The average molecular weight is 916 g/mol. The molecule has 0 amide bonds. The van der Waals surface area contributed by atoms with Crippen LogP contribution in [0.3, 0.4) is 0 Å². The summed E-state index contributed by atoms with van der Waals surface area (Å²) in [5, 5.41) is 10.2. The Morgan fingerprint density at radius 3 is 1.40 bits per heavy atom. The van der Waals surface area contributed by atoms with E-state index in [0.717, 1.165) is 18.5 Å². The van der Waals surface area contributed by atoms with Crippen LogP contribution in [-0.4, -0.2) is 0 Å². The number of fused-ring (bicyclic) bond motifs is 22. The molecule has 0 saturated heterocycles. The summed E-state index contributed by atoms with van der Waals surface area (Å²) in [5.41, 5.74) is 21.9. The summed E-state index contributed by atoms with van der Waals surface area (Å²) in [4.78, 5) is 2.73. The van der Waals surface area contributed by atoms with Crippen molar-refractivity contribution in [3.05, 3.63) is 270 Å². The SMILES string of the molecule is c1ccc2c(c1)-c1cccc(N(c3ccc4c5ccccc5c5ccccc5c4c3)c3cc4c(cc3-c3cccc5ccccc35)-c3ccccc3C43c4ccccc4-c4ccccc43)c1C21CCCCC1. The highest BCUT2D eigenvalue weighted by Crippen LogP contribution is 2.66. The topological polar surface area (TPSA) is 3.24 Å². The van der Waals surface area contributed by atoms with Crippen LogP contribution in [0.2, 0.25) is 0 Å². The van der Waals surface area contributed by atoms with E-state index in [0.29, 0.717) is 0 Å². The Bertz CT molecular complexity index is 4190. The first-order valence-electron chi connectivity index (χ1n) is 26.1. The van der Waals surface area contributed by atoms with Crippen LogP contribution in [0.5, 0.6) is 0 Å². The van der Waals surface area contributed by atoms with Crippen molar-refractivity contribution in [2.24, 2.45) is 0 Å². The third-order valence-electron chi connectivity index (χ3n) is 17.6. The minimum Gasteiger partial charge on any atom is -0.310 e. The van der Waals surface area contributed by atoms with Gasteiger partial charge in [-0.1, -0.05) is 226 Å². The van der Waals surface area contributed by atoms with E-state index in [9.17, 15) is 0 Å². The van der Waals surface area contributed by atoms with Gasteiger partial charge in [-0.05, 0) is 159 Å². The monoisotopic (exact) mass is 915 g/mol. The summed E-state index contributed by atoms with van der Waals surface area (Å²) >= 11 is 0. The standard InChI is InChI=1S/C71H49N/c1-16-40-70(41-17-1)62-33-12-8-29-56(62)58-32-19-37-67(69(58)70)72(46-38-39-53-51-25-5-4-23-49(51)50-24-6-7-26-52(50)59(53)42-46)68-44-66-60(43-61(68)48-31-18-21-45-20-2-3-22-47(45)48)57-30-11-15-36-65(57)71(66)63-34-13-9-27-54(63)55-28-10-14-35-64(55)71/h2-15,18-39,42-44H,1,16-17,40-41H2. The van der Waals surface area contributed by atoms with Crippen LogP contribution < -0.4 is 4.90 Å². The van der Waals surface area contributed by atoms with Crippen molar-refractivity contribution < 1.29 is 0 Å². The maximum absolute atomic E-state index is 2.73. The molecular formula is C71H49N. The van der Waals surface area contributed by atoms with Crippen LogP contribution in [0, 0.1) is 0 Å². The van der Waals surface area contributed by atoms with E-state index in [1.54, 1.807) is 0 Å². The number of anilines is 3. The molecule has 338 valence electrons. The fourth-order valence-corrected chi connectivity index (χ4v) is 14.8. The number of nitrogens with zero attached hydrogens (tertiary/aromatic N) is 1. The van der Waals surface area contributed by atoms with Crippen molar-refractivity contribution in [3.8, 4) is 44.5 Å². The molecular weight excluding hydrogens is 867 g/mol. The van der Waals surface area contributed by atoms with Crippen LogP contribution in [-0.2, 0) is 10.8 Å². The molecule has 0 atom stereocenters. The second-order valence-corrected chi connectivity index (χ2v) is 20.9. The van der Waals surface area contributed by atoms with Crippen molar-refractivity contribution in [2.45, 2.75) is 42.9 Å². The molecule has 16 rings (SSSR count). The molecule has 0 unspecified atom stereocenters. The number of hydrogen-bond donors (Lipinski definition) is 0. The average Bonchev–Trinajstić information content (AvgIpc) is 4.03. The van der Waals surface area contributed by atoms with E-state index in [2.05, 4.69) is 241 Å². The lowest BCUT2D eigenvalue weighted by molar-refractivity contribution is 0.353. The lowest BCUT2D eigenvalue weighted by Crippen LogP contribution is -2.30. The molecule has 12 aromatic carbocycles. The number of rotatable bonds is 4. The van der Waals surface area contributed by atoms with E-state index in [4.69, 9.17) is 0 Å². The van der Waals surface area contributed by atoms with Crippen LogP contribution in [0.25, 0.3) is 87.6 Å². The molecule has 1 saturated carbocycles. The summed E-state index contributed by atoms with van der Waals surface area (Å²) < 4.78 is 0. The van der Waals surface area contributed by atoms with Crippen molar-refractivity contribution in [1.29, 1.82) is 0 Å². The highest BCUT2D eigenvalue weighted by molar-refractivity contribution is 6.26. The lowest BCUT2D eigenvalue weighted by atomic mass is 9.67. The Kier molecular flexibility index (Phi) is 8.38. The van der Waals surface area contributed by atoms with Gasteiger partial charge in [0.25, 0.3) is 0 Å². The highest BCUT2D eigenvalue weighted by atomic mass is 15.2. The van der Waals surface area contributed by atoms with Crippen LogP contribution in [0.1, 0.15) is 65.5 Å². The molecule has 1 fully saturated rings. The number of benzene rings is 12. The van der Waals surface area contributed by atoms with E-state index < -0.39 is 5.41 Å². The fourth-order valence-electron chi connectivity index (χ4n) is 14.8.